The third-order valence-corrected chi connectivity index (χ3v) is 4.53. The first kappa shape index (κ1) is 21.0. The van der Waals surface area contributed by atoms with E-state index in [0.717, 1.165) is 9.80 Å². The fourth-order valence-corrected chi connectivity index (χ4v) is 2.76. The maximum atomic E-state index is 12.3. The summed E-state index contributed by atoms with van der Waals surface area (Å²) in [5.41, 5.74) is 1.28. The van der Waals surface area contributed by atoms with Gasteiger partial charge in [0.05, 0.1) is 20.0 Å². The molecule has 0 fully saturated rings. The summed E-state index contributed by atoms with van der Waals surface area (Å²) < 4.78 is 9.12. The molecular weight excluding hydrogens is 342 g/mol. The van der Waals surface area contributed by atoms with Crippen molar-refractivity contribution in [3.63, 3.8) is 0 Å². The Balaban J connectivity index is 2.69. The van der Waals surface area contributed by atoms with Crippen LogP contribution in [0.25, 0.3) is 0 Å². The Morgan fingerprint density at radius 2 is 1.44 bits per heavy atom. The van der Waals surface area contributed by atoms with Crippen LogP contribution in [0, 0.1) is 0 Å². The first-order chi connectivity index (χ1) is 11.7. The minimum atomic E-state index is -0.586. The van der Waals surface area contributed by atoms with Crippen molar-refractivity contribution in [2.24, 2.45) is 0 Å². The molecule has 1 aromatic carbocycles. The highest BCUT2D eigenvalue weighted by atomic mass is 32.2. The van der Waals surface area contributed by atoms with E-state index in [-0.39, 0.29) is 30.2 Å². The molecule has 0 aromatic heterocycles. The Hall–Kier alpha value is -2.02. The van der Waals surface area contributed by atoms with Gasteiger partial charge in [0, 0.05) is 4.90 Å². The van der Waals surface area contributed by atoms with Crippen LogP contribution in [-0.4, -0.2) is 55.8 Å². The van der Waals surface area contributed by atoms with E-state index in [2.05, 4.69) is 30.2 Å². The van der Waals surface area contributed by atoms with Gasteiger partial charge in [-0.3, -0.25) is 14.4 Å². The Labute approximate surface area is 152 Å². The lowest BCUT2D eigenvalue weighted by atomic mass is 9.87. The molecule has 1 amide bonds. The maximum absolute atomic E-state index is 12.3. The van der Waals surface area contributed by atoms with Crippen molar-refractivity contribution >= 4 is 29.6 Å². The molecule has 0 radical (unpaired) electrons. The molecule has 0 aliphatic heterocycles. The fourth-order valence-electron chi connectivity index (χ4n) is 1.96. The van der Waals surface area contributed by atoms with Crippen molar-refractivity contribution in [2.75, 3.05) is 33.1 Å². The van der Waals surface area contributed by atoms with Gasteiger partial charge in [-0.25, -0.2) is 0 Å². The fraction of sp³-hybridized carbons (Fsp3) is 0.500. The van der Waals surface area contributed by atoms with Crippen molar-refractivity contribution in [2.45, 2.75) is 31.1 Å². The van der Waals surface area contributed by atoms with Gasteiger partial charge >= 0.3 is 11.9 Å². The van der Waals surface area contributed by atoms with Crippen molar-refractivity contribution in [1.82, 2.24) is 4.90 Å². The zero-order valence-corrected chi connectivity index (χ0v) is 16.1. The molecular formula is C18H25NO5S. The molecule has 138 valence electrons. The Morgan fingerprint density at radius 3 is 1.84 bits per heavy atom. The molecule has 0 heterocycles. The van der Waals surface area contributed by atoms with E-state index in [0.29, 0.717) is 0 Å². The predicted octanol–water partition coefficient (Wildman–Crippen LogP) is 2.25. The van der Waals surface area contributed by atoms with Gasteiger partial charge in [-0.2, -0.15) is 0 Å². The quantitative estimate of drug-likeness (QED) is 0.544. The van der Waals surface area contributed by atoms with Crippen LogP contribution in [0.5, 0.6) is 0 Å². The number of thioether (sulfide) groups is 1. The number of hydrogen-bond donors (Lipinski definition) is 0. The molecule has 0 N–H and O–H groups in total. The normalized spacial score (nSPS) is 10.9. The average molecular weight is 367 g/mol. The molecule has 0 spiro atoms. The van der Waals surface area contributed by atoms with E-state index < -0.39 is 11.9 Å². The van der Waals surface area contributed by atoms with Crippen LogP contribution in [0.2, 0.25) is 0 Å². The molecule has 7 heteroatoms. The van der Waals surface area contributed by atoms with Crippen LogP contribution in [0.15, 0.2) is 29.2 Å². The zero-order chi connectivity index (χ0) is 19.0. The first-order valence-electron chi connectivity index (χ1n) is 7.82. The van der Waals surface area contributed by atoms with Gasteiger partial charge in [0.1, 0.15) is 13.1 Å². The molecule has 0 unspecified atom stereocenters. The highest BCUT2D eigenvalue weighted by molar-refractivity contribution is 8.00. The number of esters is 2. The van der Waals surface area contributed by atoms with Crippen LogP contribution in [0.4, 0.5) is 0 Å². The molecule has 0 aliphatic carbocycles. The smallest absolute Gasteiger partial charge is 0.325 e. The largest absolute Gasteiger partial charge is 0.468 e. The lowest BCUT2D eigenvalue weighted by molar-refractivity contribution is -0.151. The Morgan fingerprint density at radius 1 is 0.960 bits per heavy atom. The van der Waals surface area contributed by atoms with Gasteiger partial charge in [-0.15, -0.1) is 11.8 Å². The summed E-state index contributed by atoms with van der Waals surface area (Å²) in [6.07, 6.45) is 0. The summed E-state index contributed by atoms with van der Waals surface area (Å²) in [4.78, 5) is 37.3. The second kappa shape index (κ2) is 9.46. The van der Waals surface area contributed by atoms with Crippen molar-refractivity contribution in [1.29, 1.82) is 0 Å². The summed E-state index contributed by atoms with van der Waals surface area (Å²) in [6, 6.07) is 7.99. The summed E-state index contributed by atoms with van der Waals surface area (Å²) in [5, 5.41) is 0. The van der Waals surface area contributed by atoms with E-state index in [1.54, 1.807) is 0 Å². The van der Waals surface area contributed by atoms with Gasteiger partial charge in [-0.1, -0.05) is 32.9 Å². The molecule has 1 rings (SSSR count). The second-order valence-electron chi connectivity index (χ2n) is 6.47. The lowest BCUT2D eigenvalue weighted by Gasteiger charge is -2.20. The van der Waals surface area contributed by atoms with E-state index >= 15 is 0 Å². The van der Waals surface area contributed by atoms with Crippen LogP contribution in [0.3, 0.4) is 0 Å². The highest BCUT2D eigenvalue weighted by Crippen LogP contribution is 2.25. The van der Waals surface area contributed by atoms with Crippen molar-refractivity contribution in [3.8, 4) is 0 Å². The van der Waals surface area contributed by atoms with Crippen LogP contribution in [-0.2, 0) is 29.3 Å². The number of ether oxygens (including phenoxy) is 2. The number of carbonyl (C=O) groups is 3. The third kappa shape index (κ3) is 7.17. The molecule has 0 atom stereocenters. The van der Waals surface area contributed by atoms with Gasteiger partial charge in [-0.05, 0) is 23.1 Å². The number of hydrogen-bond acceptors (Lipinski definition) is 6. The van der Waals surface area contributed by atoms with Gasteiger partial charge < -0.3 is 14.4 Å². The second-order valence-corrected chi connectivity index (χ2v) is 7.51. The maximum Gasteiger partial charge on any atom is 0.325 e. The minimum Gasteiger partial charge on any atom is -0.468 e. The molecule has 6 nitrogen and oxygen atoms in total. The number of methoxy groups -OCH3 is 2. The van der Waals surface area contributed by atoms with Gasteiger partial charge in [0.2, 0.25) is 5.91 Å². The highest BCUT2D eigenvalue weighted by Gasteiger charge is 2.21. The first-order valence-corrected chi connectivity index (χ1v) is 8.80. The van der Waals surface area contributed by atoms with E-state index in [1.807, 2.05) is 24.3 Å². The topological polar surface area (TPSA) is 72.9 Å². The van der Waals surface area contributed by atoms with Crippen LogP contribution < -0.4 is 0 Å². The summed E-state index contributed by atoms with van der Waals surface area (Å²) >= 11 is 1.35. The summed E-state index contributed by atoms with van der Waals surface area (Å²) in [5.74, 6) is -1.39. The summed E-state index contributed by atoms with van der Waals surface area (Å²) in [6.45, 7) is 5.84. The number of carbonyl (C=O) groups excluding carboxylic acids is 3. The number of benzene rings is 1. The lowest BCUT2D eigenvalue weighted by Crippen LogP contribution is -2.41. The zero-order valence-electron chi connectivity index (χ0n) is 15.3. The standard InChI is InChI=1S/C18H25NO5S/c1-18(2,3)13-6-8-14(9-7-13)25-12-15(20)19(10-16(21)23-4)11-17(22)24-5/h6-9H,10-12H2,1-5H3. The number of amides is 1. The summed E-state index contributed by atoms with van der Waals surface area (Å²) in [7, 11) is 2.46. The molecule has 25 heavy (non-hydrogen) atoms. The van der Waals surface area contributed by atoms with Crippen LogP contribution >= 0.6 is 11.8 Å². The van der Waals surface area contributed by atoms with E-state index in [1.165, 1.54) is 31.5 Å². The Kier molecular flexibility index (Phi) is 7.96. The van der Waals surface area contributed by atoms with Crippen molar-refractivity contribution in [3.05, 3.63) is 29.8 Å². The molecule has 0 bridgehead atoms. The van der Waals surface area contributed by atoms with Gasteiger partial charge in [0.15, 0.2) is 0 Å². The minimum absolute atomic E-state index is 0.0663. The van der Waals surface area contributed by atoms with Gasteiger partial charge in [0.25, 0.3) is 0 Å². The number of nitrogens with zero attached hydrogens (tertiary/aromatic N) is 1. The molecule has 0 saturated heterocycles. The monoisotopic (exact) mass is 367 g/mol. The number of rotatable bonds is 7. The van der Waals surface area contributed by atoms with Crippen molar-refractivity contribution < 1.29 is 23.9 Å². The van der Waals surface area contributed by atoms with E-state index in [9.17, 15) is 14.4 Å². The average Bonchev–Trinajstić information content (AvgIpc) is 2.58. The molecule has 0 saturated carbocycles. The van der Waals surface area contributed by atoms with E-state index in [4.69, 9.17) is 0 Å². The SMILES string of the molecule is COC(=O)CN(CC(=O)OC)C(=O)CSc1ccc(C(C)(C)C)cc1. The molecule has 1 aromatic rings. The van der Waals surface area contributed by atoms with Crippen LogP contribution in [0.1, 0.15) is 26.3 Å². The third-order valence-electron chi connectivity index (χ3n) is 3.53. The Bertz CT molecular complexity index is 589. The predicted molar refractivity (Wildman–Crippen MR) is 96.5 cm³/mol. The molecule has 0 aliphatic rings.